The average molecular weight is 519 g/mol. The van der Waals surface area contributed by atoms with Gasteiger partial charge in [-0.25, -0.2) is 0 Å². The first kappa shape index (κ1) is 30.6. The lowest BCUT2D eigenvalue weighted by Gasteiger charge is -2.26. The second-order valence-corrected chi connectivity index (χ2v) is 10.7. The summed E-state index contributed by atoms with van der Waals surface area (Å²) >= 11 is 0. The number of phenolic OH excluding ortho intramolecular Hbond substituents is 2. The van der Waals surface area contributed by atoms with Crippen LogP contribution in [0.5, 0.6) is 11.5 Å². The van der Waals surface area contributed by atoms with Gasteiger partial charge in [0.05, 0.1) is 12.7 Å². The highest BCUT2D eigenvalue weighted by Crippen LogP contribution is 2.41. The number of rotatable bonds is 20. The Bertz CT molecular complexity index is 750. The van der Waals surface area contributed by atoms with Crippen molar-refractivity contribution in [1.29, 1.82) is 0 Å². The molecule has 2 rings (SSSR count). The molecule has 0 heterocycles. The summed E-state index contributed by atoms with van der Waals surface area (Å²) in [5.41, 5.74) is 1.90. The maximum absolute atomic E-state index is 10.4. The van der Waals surface area contributed by atoms with Gasteiger partial charge in [0, 0.05) is 5.92 Å². The molecule has 0 saturated carbocycles. The second kappa shape index (κ2) is 18.6. The zero-order valence-corrected chi connectivity index (χ0v) is 23.2. The molecule has 2 aromatic carbocycles. The van der Waals surface area contributed by atoms with Gasteiger partial charge in [-0.3, -0.25) is 0 Å². The highest BCUT2D eigenvalue weighted by atomic mass is 31.2. The summed E-state index contributed by atoms with van der Waals surface area (Å²) < 4.78 is 11.5. The Balaban J connectivity index is 1.63. The number of hydrogen-bond donors (Lipinski definition) is 3. The second-order valence-electron chi connectivity index (χ2n) is 9.78. The highest BCUT2D eigenvalue weighted by Gasteiger charge is 2.25. The zero-order valence-electron chi connectivity index (χ0n) is 22.3. The smallest absolute Gasteiger partial charge is 0.330 e. The first-order valence-corrected chi connectivity index (χ1v) is 15.0. The molecule has 0 saturated heterocycles. The van der Waals surface area contributed by atoms with Crippen molar-refractivity contribution in [2.45, 2.75) is 109 Å². The van der Waals surface area contributed by atoms with Crippen LogP contribution >= 0.6 is 8.60 Å². The molecule has 2 aromatic rings. The fourth-order valence-electron chi connectivity index (χ4n) is 4.59. The Morgan fingerprint density at radius 3 is 1.44 bits per heavy atom. The van der Waals surface area contributed by atoms with E-state index in [9.17, 15) is 15.1 Å². The fourth-order valence-corrected chi connectivity index (χ4v) is 5.35. The van der Waals surface area contributed by atoms with Crippen LogP contribution in [0.25, 0.3) is 0 Å². The molecule has 0 aliphatic heterocycles. The summed E-state index contributed by atoms with van der Waals surface area (Å²) in [5.74, 6) is 0.216. The Kier molecular flexibility index (Phi) is 15.8. The number of hydrogen-bond acceptors (Lipinski definition) is 5. The Labute approximate surface area is 219 Å². The minimum absolute atomic E-state index is 0.178. The minimum atomic E-state index is -1.98. The van der Waals surface area contributed by atoms with E-state index in [1.54, 1.807) is 24.3 Å². The molecule has 2 atom stereocenters. The van der Waals surface area contributed by atoms with Gasteiger partial charge in [0.1, 0.15) is 11.5 Å². The molecule has 3 N–H and O–H groups in total. The fraction of sp³-hybridized carbons (Fsp3) is 0.600. The summed E-state index contributed by atoms with van der Waals surface area (Å²) in [5, 5.41) is 19.3. The average Bonchev–Trinajstić information content (AvgIpc) is 2.86. The summed E-state index contributed by atoms with van der Waals surface area (Å²) in [4.78, 5) is 10.4. The number of benzene rings is 2. The number of aromatic hydroxyl groups is 2. The van der Waals surface area contributed by atoms with Gasteiger partial charge in [0.15, 0.2) is 0 Å². The van der Waals surface area contributed by atoms with Crippen LogP contribution in [0.4, 0.5) is 0 Å². The molecular weight excluding hydrogens is 471 g/mol. The molecule has 0 spiro atoms. The number of phenols is 2. The van der Waals surface area contributed by atoms with Gasteiger partial charge in [-0.05, 0) is 48.7 Å². The van der Waals surface area contributed by atoms with E-state index in [0.29, 0.717) is 6.61 Å². The van der Waals surface area contributed by atoms with Crippen LogP contribution in [0.2, 0.25) is 0 Å². The monoisotopic (exact) mass is 518 g/mol. The first-order chi connectivity index (χ1) is 17.5. The van der Waals surface area contributed by atoms with Crippen molar-refractivity contribution in [3.05, 3.63) is 59.7 Å². The normalized spacial score (nSPS) is 13.2. The third kappa shape index (κ3) is 12.5. The Morgan fingerprint density at radius 1 is 0.639 bits per heavy atom. The van der Waals surface area contributed by atoms with Gasteiger partial charge < -0.3 is 24.2 Å². The lowest BCUT2D eigenvalue weighted by atomic mass is 9.87. The molecule has 0 amide bonds. The van der Waals surface area contributed by atoms with Crippen LogP contribution in [0.3, 0.4) is 0 Å². The van der Waals surface area contributed by atoms with Crippen LogP contribution in [-0.4, -0.2) is 27.8 Å². The predicted octanol–water partition coefficient (Wildman–Crippen LogP) is 8.96. The van der Waals surface area contributed by atoms with Gasteiger partial charge >= 0.3 is 8.60 Å². The zero-order chi connectivity index (χ0) is 26.0. The van der Waals surface area contributed by atoms with Crippen molar-refractivity contribution in [2.75, 3.05) is 6.61 Å². The van der Waals surface area contributed by atoms with Gasteiger partial charge in [-0.1, -0.05) is 108 Å². The van der Waals surface area contributed by atoms with Crippen molar-refractivity contribution >= 4 is 8.60 Å². The van der Waals surface area contributed by atoms with Crippen molar-refractivity contribution < 1.29 is 24.2 Å². The van der Waals surface area contributed by atoms with E-state index in [0.717, 1.165) is 24.0 Å². The van der Waals surface area contributed by atoms with Crippen LogP contribution in [-0.2, 0) is 9.05 Å². The molecule has 0 aliphatic rings. The van der Waals surface area contributed by atoms with Gasteiger partial charge in [-0.2, -0.15) is 0 Å². The van der Waals surface area contributed by atoms with Gasteiger partial charge in [0.2, 0.25) is 0 Å². The van der Waals surface area contributed by atoms with Crippen LogP contribution < -0.4 is 0 Å². The largest absolute Gasteiger partial charge is 0.508 e. The molecule has 5 nitrogen and oxygen atoms in total. The molecule has 6 heteroatoms. The topological polar surface area (TPSA) is 79.2 Å². The maximum atomic E-state index is 10.4. The third-order valence-electron chi connectivity index (χ3n) is 6.68. The minimum Gasteiger partial charge on any atom is -0.508 e. The van der Waals surface area contributed by atoms with Crippen molar-refractivity contribution in [3.63, 3.8) is 0 Å². The summed E-state index contributed by atoms with van der Waals surface area (Å²) in [7, 11) is -1.98. The lowest BCUT2D eigenvalue weighted by Crippen LogP contribution is -2.19. The standard InChI is InChI=1S/C30H47O5P/c1-3-4-5-6-7-8-9-10-11-12-13-14-15-24-34-36(33)35-25(2)30(26-16-20-28(31)21-17-26)27-18-22-29(32)23-19-27/h16-23,25,30-33H,3-15,24H2,1-2H3. The van der Waals surface area contributed by atoms with Crippen molar-refractivity contribution in [2.24, 2.45) is 0 Å². The van der Waals surface area contributed by atoms with E-state index in [1.807, 2.05) is 31.2 Å². The Hall–Kier alpha value is -1.65. The first-order valence-electron chi connectivity index (χ1n) is 13.9. The Morgan fingerprint density at radius 2 is 1.03 bits per heavy atom. The molecule has 202 valence electrons. The molecule has 2 unspecified atom stereocenters. The summed E-state index contributed by atoms with van der Waals surface area (Å²) in [6, 6.07) is 14.0. The quantitative estimate of drug-likeness (QED) is 0.120. The SMILES string of the molecule is CCCCCCCCCCCCCCCOP(O)OC(C)C(c1ccc(O)cc1)c1ccc(O)cc1. The molecule has 0 aliphatic carbocycles. The van der Waals surface area contributed by atoms with Crippen LogP contribution in [0, 0.1) is 0 Å². The molecule has 0 aromatic heterocycles. The van der Waals surface area contributed by atoms with E-state index in [-0.39, 0.29) is 23.5 Å². The lowest BCUT2D eigenvalue weighted by molar-refractivity contribution is 0.142. The van der Waals surface area contributed by atoms with Crippen molar-refractivity contribution in [3.8, 4) is 11.5 Å². The van der Waals surface area contributed by atoms with Crippen LogP contribution in [0.1, 0.15) is 114 Å². The predicted molar refractivity (Wildman–Crippen MR) is 149 cm³/mol. The van der Waals surface area contributed by atoms with E-state index < -0.39 is 8.60 Å². The summed E-state index contributed by atoms with van der Waals surface area (Å²) in [6.07, 6.45) is 16.5. The molecule has 0 radical (unpaired) electrons. The third-order valence-corrected chi connectivity index (χ3v) is 7.60. The molecular formula is C30H47O5P. The summed E-state index contributed by atoms with van der Waals surface area (Å²) in [6.45, 7) is 4.67. The van der Waals surface area contributed by atoms with Gasteiger partial charge in [0.25, 0.3) is 0 Å². The molecule has 36 heavy (non-hydrogen) atoms. The van der Waals surface area contributed by atoms with Gasteiger partial charge in [-0.15, -0.1) is 0 Å². The van der Waals surface area contributed by atoms with Crippen LogP contribution in [0.15, 0.2) is 48.5 Å². The number of unbranched alkanes of at least 4 members (excludes halogenated alkanes) is 12. The molecule has 0 fully saturated rings. The molecule has 0 bridgehead atoms. The maximum Gasteiger partial charge on any atom is 0.330 e. The van der Waals surface area contributed by atoms with E-state index in [4.69, 9.17) is 9.05 Å². The van der Waals surface area contributed by atoms with E-state index in [2.05, 4.69) is 6.92 Å². The van der Waals surface area contributed by atoms with Crippen molar-refractivity contribution in [1.82, 2.24) is 0 Å². The van der Waals surface area contributed by atoms with E-state index >= 15 is 0 Å². The highest BCUT2D eigenvalue weighted by molar-refractivity contribution is 7.40. The van der Waals surface area contributed by atoms with E-state index in [1.165, 1.54) is 70.6 Å².